The zero-order chi connectivity index (χ0) is 15.8. The first-order valence-corrected chi connectivity index (χ1v) is 7.19. The molecule has 0 bridgehead atoms. The van der Waals surface area contributed by atoms with Gasteiger partial charge in [0.25, 0.3) is 0 Å². The van der Waals surface area contributed by atoms with E-state index in [0.29, 0.717) is 26.0 Å². The fourth-order valence-corrected chi connectivity index (χ4v) is 1.99. The quantitative estimate of drug-likeness (QED) is 0.681. The fraction of sp³-hybridized carbons (Fsp3) is 0.857. The Hall–Kier alpha value is -1.30. The van der Waals surface area contributed by atoms with Gasteiger partial charge in [-0.15, -0.1) is 0 Å². The van der Waals surface area contributed by atoms with E-state index >= 15 is 0 Å². The average molecular weight is 288 g/mol. The number of nitrogens with one attached hydrogen (secondary N) is 1. The summed E-state index contributed by atoms with van der Waals surface area (Å²) in [5.74, 6) is -0.994. The van der Waals surface area contributed by atoms with Crippen LogP contribution in [0.4, 0.5) is 4.79 Å². The number of carbonyl (C=O) groups is 2. The number of nitrogens with zero attached hydrogens (tertiary/aromatic N) is 1. The molecule has 1 unspecified atom stereocenters. The summed E-state index contributed by atoms with van der Waals surface area (Å²) in [6.45, 7) is 8.33. The lowest BCUT2D eigenvalue weighted by Crippen LogP contribution is -2.59. The summed E-state index contributed by atoms with van der Waals surface area (Å²) in [7, 11) is 1.58. The van der Waals surface area contributed by atoms with Crippen LogP contribution in [0, 0.1) is 0 Å². The molecule has 2 N–H and O–H groups in total. The van der Waals surface area contributed by atoms with E-state index in [-0.39, 0.29) is 12.1 Å². The van der Waals surface area contributed by atoms with Gasteiger partial charge in [0.15, 0.2) is 0 Å². The first-order valence-electron chi connectivity index (χ1n) is 7.19. The maximum absolute atomic E-state index is 12.4. The highest BCUT2D eigenvalue weighted by molar-refractivity contribution is 5.86. The zero-order valence-corrected chi connectivity index (χ0v) is 13.2. The first-order chi connectivity index (χ1) is 9.38. The van der Waals surface area contributed by atoms with E-state index < -0.39 is 11.5 Å². The van der Waals surface area contributed by atoms with Crippen molar-refractivity contribution in [3.63, 3.8) is 0 Å². The predicted molar refractivity (Wildman–Crippen MR) is 77.8 cm³/mol. The van der Waals surface area contributed by atoms with Crippen molar-refractivity contribution < 1.29 is 19.4 Å². The van der Waals surface area contributed by atoms with Gasteiger partial charge in [-0.2, -0.15) is 0 Å². The molecular weight excluding hydrogens is 260 g/mol. The zero-order valence-electron chi connectivity index (χ0n) is 13.2. The summed E-state index contributed by atoms with van der Waals surface area (Å²) in [5.41, 5.74) is -1.20. The molecule has 6 nitrogen and oxygen atoms in total. The van der Waals surface area contributed by atoms with Crippen LogP contribution in [-0.2, 0) is 9.53 Å². The number of carboxylic acids is 1. The lowest BCUT2D eigenvalue weighted by molar-refractivity contribution is -0.144. The van der Waals surface area contributed by atoms with Gasteiger partial charge in [-0.1, -0.05) is 20.8 Å². The molecule has 0 aliphatic rings. The molecule has 2 amide bonds. The van der Waals surface area contributed by atoms with Crippen LogP contribution in [0.25, 0.3) is 0 Å². The molecule has 0 rings (SSSR count). The summed E-state index contributed by atoms with van der Waals surface area (Å²) in [6, 6.07) is -0.312. The number of carbonyl (C=O) groups excluding carboxylic acids is 1. The minimum absolute atomic E-state index is 0.0327. The van der Waals surface area contributed by atoms with Crippen molar-refractivity contribution in [2.75, 3.05) is 20.3 Å². The smallest absolute Gasteiger partial charge is 0.329 e. The highest BCUT2D eigenvalue weighted by Crippen LogP contribution is 2.17. The van der Waals surface area contributed by atoms with Crippen molar-refractivity contribution in [1.29, 1.82) is 0 Å². The molecule has 20 heavy (non-hydrogen) atoms. The van der Waals surface area contributed by atoms with Gasteiger partial charge in [0.2, 0.25) is 0 Å². The predicted octanol–water partition coefficient (Wildman–Crippen LogP) is 2.09. The van der Waals surface area contributed by atoms with Gasteiger partial charge >= 0.3 is 12.0 Å². The first kappa shape index (κ1) is 18.7. The number of methoxy groups -OCH3 is 1. The number of hydrogen-bond donors (Lipinski definition) is 2. The van der Waals surface area contributed by atoms with Gasteiger partial charge in [-0.25, -0.2) is 9.59 Å². The molecular formula is C14H28N2O4. The highest BCUT2D eigenvalue weighted by atomic mass is 16.5. The summed E-state index contributed by atoms with van der Waals surface area (Å²) >= 11 is 0. The van der Waals surface area contributed by atoms with E-state index in [4.69, 9.17) is 4.74 Å². The molecule has 0 saturated heterocycles. The van der Waals surface area contributed by atoms with Crippen molar-refractivity contribution in [2.45, 2.75) is 58.5 Å². The third-order valence-corrected chi connectivity index (χ3v) is 3.88. The minimum atomic E-state index is -1.20. The molecule has 0 fully saturated rings. The Bertz CT molecular complexity index is 316. The van der Waals surface area contributed by atoms with E-state index in [1.807, 2.05) is 13.8 Å². The lowest BCUT2D eigenvalue weighted by atomic mass is 9.93. The second-order valence-electron chi connectivity index (χ2n) is 4.97. The van der Waals surface area contributed by atoms with Crippen LogP contribution in [0.5, 0.6) is 0 Å². The van der Waals surface area contributed by atoms with E-state index in [0.717, 1.165) is 6.42 Å². The lowest BCUT2D eigenvalue weighted by Gasteiger charge is -2.34. The number of hydrogen-bond acceptors (Lipinski definition) is 3. The molecule has 0 aliphatic heterocycles. The molecule has 0 aromatic carbocycles. The number of urea groups is 1. The Morgan fingerprint density at radius 3 is 2.20 bits per heavy atom. The third kappa shape index (κ3) is 4.67. The maximum atomic E-state index is 12.4. The summed E-state index contributed by atoms with van der Waals surface area (Å²) in [4.78, 5) is 25.5. The second kappa shape index (κ2) is 8.79. The molecule has 0 aromatic heterocycles. The Labute approximate surface area is 121 Å². The minimum Gasteiger partial charge on any atom is -0.480 e. The Kier molecular flexibility index (Phi) is 8.22. The molecule has 0 spiro atoms. The van der Waals surface area contributed by atoms with E-state index in [9.17, 15) is 14.7 Å². The number of amides is 2. The third-order valence-electron chi connectivity index (χ3n) is 3.88. The normalized spacial score (nSPS) is 12.8. The van der Waals surface area contributed by atoms with E-state index in [1.165, 1.54) is 0 Å². The van der Waals surface area contributed by atoms with Crippen molar-refractivity contribution in [1.82, 2.24) is 10.2 Å². The van der Waals surface area contributed by atoms with Gasteiger partial charge in [0.05, 0.1) is 6.61 Å². The van der Waals surface area contributed by atoms with Crippen LogP contribution < -0.4 is 5.32 Å². The molecule has 1 atom stereocenters. The van der Waals surface area contributed by atoms with Gasteiger partial charge < -0.3 is 20.1 Å². The monoisotopic (exact) mass is 288 g/mol. The SMILES string of the molecule is CCC(C)N(CCOC)C(=O)NC(CC)(CC)C(=O)O. The van der Waals surface area contributed by atoms with Crippen LogP contribution in [0.1, 0.15) is 47.0 Å². The number of ether oxygens (including phenoxy) is 1. The standard InChI is InChI=1S/C14H28N2O4/c1-6-11(4)16(9-10-20-5)13(19)15-14(7-2,8-3)12(17)18/h11H,6-10H2,1-5H3,(H,15,19)(H,17,18). The summed E-state index contributed by atoms with van der Waals surface area (Å²) in [6.07, 6.45) is 1.50. The van der Waals surface area contributed by atoms with Gasteiger partial charge in [-0.3, -0.25) is 0 Å². The summed E-state index contributed by atoms with van der Waals surface area (Å²) < 4.78 is 5.01. The average Bonchev–Trinajstić information content (AvgIpc) is 2.44. The molecule has 0 aliphatic carbocycles. The molecule has 118 valence electrons. The van der Waals surface area contributed by atoms with Gasteiger partial charge in [0, 0.05) is 19.7 Å². The van der Waals surface area contributed by atoms with Crippen LogP contribution in [0.3, 0.4) is 0 Å². The fourth-order valence-electron chi connectivity index (χ4n) is 1.99. The van der Waals surface area contributed by atoms with Crippen molar-refractivity contribution in [2.24, 2.45) is 0 Å². The molecule has 0 aromatic rings. The van der Waals surface area contributed by atoms with E-state index in [2.05, 4.69) is 5.32 Å². The van der Waals surface area contributed by atoms with Gasteiger partial charge in [0.1, 0.15) is 5.54 Å². The molecule has 6 heteroatoms. The summed E-state index contributed by atoms with van der Waals surface area (Å²) in [5, 5.41) is 12.1. The topological polar surface area (TPSA) is 78.9 Å². The Balaban J connectivity index is 5.01. The van der Waals surface area contributed by atoms with E-state index in [1.54, 1.807) is 25.9 Å². The van der Waals surface area contributed by atoms with Crippen LogP contribution >= 0.6 is 0 Å². The second-order valence-corrected chi connectivity index (χ2v) is 4.97. The van der Waals surface area contributed by atoms with Crippen molar-refractivity contribution >= 4 is 12.0 Å². The largest absolute Gasteiger partial charge is 0.480 e. The molecule has 0 saturated carbocycles. The van der Waals surface area contributed by atoms with Crippen molar-refractivity contribution in [3.05, 3.63) is 0 Å². The Morgan fingerprint density at radius 1 is 1.30 bits per heavy atom. The number of carboxylic acid groups (broad SMARTS) is 1. The number of rotatable bonds is 9. The Morgan fingerprint density at radius 2 is 1.85 bits per heavy atom. The van der Waals surface area contributed by atoms with Crippen LogP contribution in [0.2, 0.25) is 0 Å². The van der Waals surface area contributed by atoms with Crippen LogP contribution in [0.15, 0.2) is 0 Å². The highest BCUT2D eigenvalue weighted by Gasteiger charge is 2.38. The molecule has 0 radical (unpaired) electrons. The van der Waals surface area contributed by atoms with Crippen LogP contribution in [-0.4, -0.2) is 53.8 Å². The van der Waals surface area contributed by atoms with Crippen molar-refractivity contribution in [3.8, 4) is 0 Å². The van der Waals surface area contributed by atoms with Gasteiger partial charge in [-0.05, 0) is 26.2 Å². The molecule has 0 heterocycles. The number of aliphatic carboxylic acids is 1. The maximum Gasteiger partial charge on any atom is 0.329 e.